The van der Waals surface area contributed by atoms with E-state index in [0.717, 1.165) is 154 Å². The monoisotopic (exact) mass is 1580 g/mol. The van der Waals surface area contributed by atoms with Crippen molar-refractivity contribution in [1.29, 1.82) is 0 Å². The molecule has 0 radical (unpaired) electrons. The Bertz CT molecular complexity index is 5860. The lowest BCUT2D eigenvalue weighted by Crippen LogP contribution is -2.18. The molecule has 19 rings (SSSR count). The molecular formula is C114H87N9. The van der Waals surface area contributed by atoms with Crippen LogP contribution < -0.4 is 44.1 Å². The zero-order valence-corrected chi connectivity index (χ0v) is 67.8. The zero-order chi connectivity index (χ0) is 82.3. The molecule has 0 aliphatic rings. The summed E-state index contributed by atoms with van der Waals surface area (Å²) in [5.41, 5.74) is 26.4. The molecule has 19 aromatic rings. The molecule has 0 saturated carbocycles. The third-order valence-corrected chi connectivity index (χ3v) is 21.9. The lowest BCUT2D eigenvalue weighted by Gasteiger charge is -2.34. The quantitative estimate of drug-likeness (QED) is 0.0499. The number of rotatable bonds is 27. The first-order valence-electron chi connectivity index (χ1n) is 41.6. The van der Waals surface area contributed by atoms with Gasteiger partial charge in [-0.25, -0.2) is 0 Å². The van der Waals surface area contributed by atoms with E-state index in [1.165, 1.54) is 0 Å². The van der Waals surface area contributed by atoms with Crippen LogP contribution >= 0.6 is 0 Å². The number of hydrogen-bond donors (Lipinski definition) is 0. The molecular weight excluding hydrogens is 1500 g/mol. The van der Waals surface area contributed by atoms with Gasteiger partial charge in [0.15, 0.2) is 0 Å². The van der Waals surface area contributed by atoms with Crippen molar-refractivity contribution in [3.8, 4) is 0 Å². The van der Waals surface area contributed by atoms with Gasteiger partial charge in [0.25, 0.3) is 0 Å². The highest BCUT2D eigenvalue weighted by Crippen LogP contribution is 2.53. The predicted octanol–water partition coefficient (Wildman–Crippen LogP) is 32.9. The van der Waals surface area contributed by atoms with Gasteiger partial charge in [-0.2, -0.15) is 0 Å². The molecule has 0 aromatic heterocycles. The van der Waals surface area contributed by atoms with E-state index in [4.69, 9.17) is 0 Å². The van der Waals surface area contributed by atoms with Crippen molar-refractivity contribution in [2.45, 2.75) is 0 Å². The van der Waals surface area contributed by atoms with Crippen molar-refractivity contribution >= 4 is 154 Å². The molecule has 0 heterocycles. The van der Waals surface area contributed by atoms with Crippen molar-refractivity contribution in [1.82, 2.24) is 0 Å². The molecule has 0 bridgehead atoms. The smallest absolute Gasteiger partial charge is 0.0503 e. The second-order valence-corrected chi connectivity index (χ2v) is 29.9. The minimum absolute atomic E-state index is 0.913. The van der Waals surface area contributed by atoms with E-state index in [2.05, 4.69) is 572 Å². The van der Waals surface area contributed by atoms with E-state index >= 15 is 0 Å². The lowest BCUT2D eigenvalue weighted by atomic mass is 10.1. The van der Waals surface area contributed by atoms with Gasteiger partial charge in [0.2, 0.25) is 0 Å². The highest BCUT2D eigenvalue weighted by molar-refractivity contribution is 5.96. The van der Waals surface area contributed by atoms with Crippen molar-refractivity contribution in [3.63, 3.8) is 0 Å². The van der Waals surface area contributed by atoms with Crippen LogP contribution in [0.25, 0.3) is 0 Å². The Labute approximate surface area is 720 Å². The van der Waals surface area contributed by atoms with Gasteiger partial charge in [0, 0.05) is 102 Å². The van der Waals surface area contributed by atoms with E-state index in [-0.39, 0.29) is 0 Å². The summed E-state index contributed by atoms with van der Waals surface area (Å²) < 4.78 is 0. The summed E-state index contributed by atoms with van der Waals surface area (Å²) in [6.07, 6.45) is 0. The van der Waals surface area contributed by atoms with E-state index in [1.54, 1.807) is 0 Å². The second-order valence-electron chi connectivity index (χ2n) is 29.9. The minimum Gasteiger partial charge on any atom is -0.310 e. The lowest BCUT2D eigenvalue weighted by molar-refractivity contribution is 1.20. The van der Waals surface area contributed by atoms with Crippen LogP contribution in [0.15, 0.2) is 528 Å². The molecule has 9 nitrogen and oxygen atoms in total. The molecule has 123 heavy (non-hydrogen) atoms. The molecule has 0 aliphatic heterocycles. The van der Waals surface area contributed by atoms with Gasteiger partial charge in [-0.1, -0.05) is 267 Å². The van der Waals surface area contributed by atoms with Crippen LogP contribution in [-0.4, -0.2) is 0 Å². The van der Waals surface area contributed by atoms with Crippen LogP contribution in [0.5, 0.6) is 0 Å². The summed E-state index contributed by atoms with van der Waals surface area (Å²) in [6.45, 7) is 0. The Balaban J connectivity index is 0.824. The summed E-state index contributed by atoms with van der Waals surface area (Å²) in [5.74, 6) is 0. The number of benzene rings is 19. The average Bonchev–Trinajstić information content (AvgIpc) is 0.766. The Hall–Kier alpha value is -16.6. The van der Waals surface area contributed by atoms with Crippen LogP contribution in [0.4, 0.5) is 154 Å². The van der Waals surface area contributed by atoms with Gasteiger partial charge in [-0.3, -0.25) is 0 Å². The normalized spacial score (nSPS) is 10.9. The van der Waals surface area contributed by atoms with Gasteiger partial charge >= 0.3 is 0 Å². The second kappa shape index (κ2) is 36.1. The fourth-order valence-electron chi connectivity index (χ4n) is 16.5. The van der Waals surface area contributed by atoms with Crippen LogP contribution in [0.3, 0.4) is 0 Å². The Morgan fingerprint density at radius 1 is 0.0650 bits per heavy atom. The van der Waals surface area contributed by atoms with Crippen LogP contribution in [0.1, 0.15) is 0 Å². The van der Waals surface area contributed by atoms with Crippen LogP contribution in [0.2, 0.25) is 0 Å². The third kappa shape index (κ3) is 16.7. The van der Waals surface area contributed by atoms with Gasteiger partial charge in [0.1, 0.15) is 0 Å². The van der Waals surface area contributed by atoms with E-state index in [1.807, 2.05) is 0 Å². The first kappa shape index (κ1) is 76.4. The summed E-state index contributed by atoms with van der Waals surface area (Å²) in [5, 5.41) is 0. The fraction of sp³-hybridized carbons (Fsp3) is 0. The number of para-hydroxylation sites is 14. The zero-order valence-electron chi connectivity index (χ0n) is 67.8. The third-order valence-electron chi connectivity index (χ3n) is 21.9. The maximum atomic E-state index is 2.42. The number of anilines is 27. The van der Waals surface area contributed by atoms with Crippen molar-refractivity contribution in [2.75, 3.05) is 44.1 Å². The molecule has 0 N–H and O–H groups in total. The number of nitrogens with zero attached hydrogens (tertiary/aromatic N) is 9. The van der Waals surface area contributed by atoms with Crippen LogP contribution in [-0.2, 0) is 0 Å². The largest absolute Gasteiger partial charge is 0.310 e. The molecule has 0 saturated heterocycles. The molecule has 0 amide bonds. The minimum atomic E-state index is 0.913. The first-order valence-corrected chi connectivity index (χ1v) is 41.6. The maximum Gasteiger partial charge on any atom is 0.0503 e. The molecule has 0 unspecified atom stereocenters. The first-order chi connectivity index (χ1) is 61.0. The van der Waals surface area contributed by atoms with E-state index in [0.29, 0.717) is 0 Å². The van der Waals surface area contributed by atoms with Crippen molar-refractivity contribution in [3.05, 3.63) is 528 Å². The summed E-state index contributed by atoms with van der Waals surface area (Å²) in [6, 6.07) is 189. The fourth-order valence-corrected chi connectivity index (χ4v) is 16.5. The predicted molar refractivity (Wildman–Crippen MR) is 519 cm³/mol. The summed E-state index contributed by atoms with van der Waals surface area (Å²) in [7, 11) is 0. The number of hydrogen-bond acceptors (Lipinski definition) is 9. The topological polar surface area (TPSA) is 29.2 Å². The Kier molecular flexibility index (Phi) is 22.4. The Morgan fingerprint density at radius 3 is 0.236 bits per heavy atom. The maximum absolute atomic E-state index is 2.42. The molecule has 0 aliphatic carbocycles. The molecule has 9 heteroatoms. The van der Waals surface area contributed by atoms with Crippen LogP contribution in [0, 0.1) is 0 Å². The molecule has 0 spiro atoms. The van der Waals surface area contributed by atoms with E-state index in [9.17, 15) is 0 Å². The van der Waals surface area contributed by atoms with Crippen molar-refractivity contribution in [2.24, 2.45) is 0 Å². The highest BCUT2D eigenvalue weighted by Gasteiger charge is 2.29. The Morgan fingerprint density at radius 2 is 0.138 bits per heavy atom. The van der Waals surface area contributed by atoms with E-state index < -0.39 is 0 Å². The molecule has 0 fully saturated rings. The van der Waals surface area contributed by atoms with Gasteiger partial charge in [-0.05, 0) is 261 Å². The molecule has 588 valence electrons. The van der Waals surface area contributed by atoms with Gasteiger partial charge in [-0.15, -0.1) is 0 Å². The van der Waals surface area contributed by atoms with Gasteiger partial charge in [0.05, 0.1) is 51.2 Å². The summed E-state index contributed by atoms with van der Waals surface area (Å²) in [4.78, 5) is 21.5. The summed E-state index contributed by atoms with van der Waals surface area (Å²) >= 11 is 0. The molecule has 19 aromatic carbocycles. The average molecular weight is 1580 g/mol. The van der Waals surface area contributed by atoms with Gasteiger partial charge < -0.3 is 44.1 Å². The molecule has 0 atom stereocenters. The standard InChI is InChI=1S/C114H87N9/c1-15-45-88(46-16-1)115(89-47-17-2-18-48-89)106-79-107(116(90-49-19-3-20-50-90)91-51-21-4-22-52-91)82-111(81-106)120(98-65-35-11-36-66-98)102-73-43-75-104(77-102)122(100-69-39-13-40-70-100)113-85-110(119(96-61-31-9-32-62-96)97-63-33-10-34-64-97)86-114(87-113)123(101-71-41-14-42-72-101)105-76-44-74-103(78-105)121(99-67-37-12-38-68-99)112-83-108(117(92-53-23-5-24-54-92)93-55-25-6-26-56-93)80-109(84-112)118(94-57-27-7-28-58-94)95-59-29-8-30-60-95/h1-87H. The highest BCUT2D eigenvalue weighted by atomic mass is 15.2. The SMILES string of the molecule is c1ccc(N(c2ccccc2)c2cc(N(c3ccccc3)c3ccccc3)cc(N(c3ccccc3)c3cccc(N(c4ccccc4)c4cc(N(c5ccccc5)c5ccccc5)cc(N(c5ccccc5)c5cccc(N(c6ccccc6)c6cc(N(c7ccccc7)c7ccccc7)cc(N(c7ccccc7)c7ccccc7)c6)c5)c4)c3)c2)cc1. The van der Waals surface area contributed by atoms with Crippen molar-refractivity contribution < 1.29 is 0 Å².